The molecule has 2 amide bonds. The fraction of sp³-hybridized carbons (Fsp3) is 0.389. The molecule has 148 valence electrons. The molecular formula is C18H27N5O2S2. The van der Waals surface area contributed by atoms with Crippen LogP contribution in [0.2, 0.25) is 0 Å². The summed E-state index contributed by atoms with van der Waals surface area (Å²) < 4.78 is 1.55. The number of imidazole rings is 1. The molecule has 0 atom stereocenters. The third kappa shape index (κ3) is 8.40. The van der Waals surface area contributed by atoms with Crippen LogP contribution >= 0.6 is 21.6 Å². The third-order valence-corrected chi connectivity index (χ3v) is 6.10. The van der Waals surface area contributed by atoms with Crippen molar-refractivity contribution in [2.24, 2.45) is 7.05 Å². The lowest BCUT2D eigenvalue weighted by Gasteiger charge is -2.21. The number of rotatable bonds is 10. The molecule has 7 nitrogen and oxygen atoms in total. The molecular weight excluding hydrogens is 382 g/mol. The largest absolute Gasteiger partial charge is 0.382 e. The van der Waals surface area contributed by atoms with Gasteiger partial charge in [-0.25, -0.2) is 4.98 Å². The summed E-state index contributed by atoms with van der Waals surface area (Å²) in [6.07, 6.45) is 7.87. The van der Waals surface area contributed by atoms with E-state index in [2.05, 4.69) is 42.6 Å². The molecule has 0 aromatic carbocycles. The number of anilines is 1. The van der Waals surface area contributed by atoms with Crippen LogP contribution in [0.5, 0.6) is 0 Å². The van der Waals surface area contributed by atoms with Crippen molar-refractivity contribution in [1.29, 1.82) is 0 Å². The number of nitrogens with zero attached hydrogens (tertiary/aromatic N) is 2. The molecule has 0 radical (unpaired) electrons. The van der Waals surface area contributed by atoms with Crippen molar-refractivity contribution in [3.63, 3.8) is 0 Å². The molecule has 0 unspecified atom stereocenters. The number of carbonyl (C=O) groups excluding carboxylic acids is 2. The van der Waals surface area contributed by atoms with E-state index in [1.54, 1.807) is 47.0 Å². The lowest BCUT2D eigenvalue weighted by molar-refractivity contribution is -0.120. The van der Waals surface area contributed by atoms with E-state index in [4.69, 9.17) is 5.73 Å². The molecule has 0 saturated heterocycles. The number of hydrogen-bond donors (Lipinski definition) is 3. The van der Waals surface area contributed by atoms with Gasteiger partial charge in [0.25, 0.3) is 5.91 Å². The molecule has 0 aliphatic carbocycles. The van der Waals surface area contributed by atoms with E-state index in [-0.39, 0.29) is 22.3 Å². The molecule has 1 aromatic rings. The van der Waals surface area contributed by atoms with Gasteiger partial charge in [0, 0.05) is 35.8 Å². The fourth-order valence-electron chi connectivity index (χ4n) is 2.11. The maximum Gasteiger partial charge on any atom is 0.291 e. The van der Waals surface area contributed by atoms with Crippen molar-refractivity contribution in [2.45, 2.75) is 31.4 Å². The van der Waals surface area contributed by atoms with E-state index in [0.717, 1.165) is 6.42 Å². The highest BCUT2D eigenvalue weighted by atomic mass is 33.1. The maximum atomic E-state index is 12.1. The summed E-state index contributed by atoms with van der Waals surface area (Å²) in [6.45, 7) is 11.8. The van der Waals surface area contributed by atoms with Crippen LogP contribution in [-0.2, 0) is 11.8 Å². The van der Waals surface area contributed by atoms with Crippen molar-refractivity contribution in [3.05, 3.63) is 48.7 Å². The number of nitrogens with two attached hydrogens (primary N) is 1. The van der Waals surface area contributed by atoms with Crippen LogP contribution in [0.1, 0.15) is 37.3 Å². The molecule has 0 saturated carbocycles. The molecule has 1 rings (SSSR count). The Bertz CT molecular complexity index is 753. The number of allylic oxidation sites excluding steroid dienone is 2. The molecule has 1 aromatic heterocycles. The zero-order chi connectivity index (χ0) is 20.6. The number of aryl methyl sites for hydroxylation is 1. The number of hydrogen-bond acceptors (Lipinski definition) is 6. The van der Waals surface area contributed by atoms with Gasteiger partial charge in [-0.15, -0.1) is 0 Å². The van der Waals surface area contributed by atoms with E-state index in [0.29, 0.717) is 17.8 Å². The van der Waals surface area contributed by atoms with Gasteiger partial charge in [0.1, 0.15) is 5.82 Å². The zero-order valence-electron chi connectivity index (χ0n) is 16.2. The minimum atomic E-state index is -0.424. The third-order valence-electron chi connectivity index (χ3n) is 3.42. The highest BCUT2D eigenvalue weighted by Crippen LogP contribution is 2.36. The van der Waals surface area contributed by atoms with Crippen LogP contribution in [0.3, 0.4) is 0 Å². The van der Waals surface area contributed by atoms with E-state index in [1.807, 2.05) is 6.26 Å². The second kappa shape index (κ2) is 10.3. The summed E-state index contributed by atoms with van der Waals surface area (Å²) in [6, 6.07) is 0. The van der Waals surface area contributed by atoms with Gasteiger partial charge in [0.15, 0.2) is 0 Å². The minimum Gasteiger partial charge on any atom is -0.382 e. The first-order valence-electron chi connectivity index (χ1n) is 8.22. The first-order chi connectivity index (χ1) is 12.5. The van der Waals surface area contributed by atoms with E-state index < -0.39 is 5.91 Å². The Kier molecular flexibility index (Phi) is 8.71. The Morgan fingerprint density at radius 3 is 2.41 bits per heavy atom. The van der Waals surface area contributed by atoms with Crippen LogP contribution in [0.4, 0.5) is 5.82 Å². The summed E-state index contributed by atoms with van der Waals surface area (Å²) in [5.74, 6) is -0.0801. The van der Waals surface area contributed by atoms with Crippen molar-refractivity contribution in [3.8, 4) is 0 Å². The van der Waals surface area contributed by atoms with Gasteiger partial charge in [-0.1, -0.05) is 34.7 Å². The Hall–Kier alpha value is -2.13. The van der Waals surface area contributed by atoms with Gasteiger partial charge in [-0.2, -0.15) is 0 Å². The molecule has 1 heterocycles. The minimum absolute atomic E-state index is 0.0286. The van der Waals surface area contributed by atoms with Crippen LogP contribution in [0.15, 0.2) is 42.9 Å². The number of nitrogens with one attached hydrogen (secondary N) is 2. The molecule has 0 aliphatic heterocycles. The van der Waals surface area contributed by atoms with Gasteiger partial charge >= 0.3 is 0 Å². The van der Waals surface area contributed by atoms with E-state index in [1.165, 1.54) is 4.57 Å². The van der Waals surface area contributed by atoms with Gasteiger partial charge in [0.05, 0.1) is 0 Å². The van der Waals surface area contributed by atoms with Crippen LogP contribution in [-0.4, -0.2) is 32.4 Å². The fourth-order valence-corrected chi connectivity index (χ4v) is 4.35. The molecule has 0 fully saturated rings. The second-order valence-corrected chi connectivity index (χ2v) is 9.60. The predicted octanol–water partition coefficient (Wildman–Crippen LogP) is 3.00. The number of carbonyl (C=O) groups is 2. The zero-order valence-corrected chi connectivity index (χ0v) is 17.8. The predicted molar refractivity (Wildman–Crippen MR) is 115 cm³/mol. The average Bonchev–Trinajstić information content (AvgIpc) is 2.90. The topological polar surface area (TPSA) is 102 Å². The van der Waals surface area contributed by atoms with Crippen molar-refractivity contribution in [2.75, 3.05) is 12.0 Å². The first kappa shape index (κ1) is 22.9. The standard InChI is InChI=1S/C18H27N5O2S2/c1-12(20-15(24)9-10-18(3,4)27-26-6)7-8-13(2)21-17(25)16-22-14(19)11-23(16)5/h7-8,11H,1-2,9-10,19H2,3-6H3,(H,20,24)(H,21,25)/b8-7-. The summed E-state index contributed by atoms with van der Waals surface area (Å²) >= 11 is 0. The van der Waals surface area contributed by atoms with Crippen molar-refractivity contribution >= 4 is 39.2 Å². The molecule has 9 heteroatoms. The molecule has 0 aliphatic rings. The summed E-state index contributed by atoms with van der Waals surface area (Å²) in [5.41, 5.74) is 6.32. The average molecular weight is 410 g/mol. The normalized spacial score (nSPS) is 11.4. The highest BCUT2D eigenvalue weighted by Gasteiger charge is 2.19. The van der Waals surface area contributed by atoms with Crippen molar-refractivity contribution < 1.29 is 9.59 Å². The van der Waals surface area contributed by atoms with Gasteiger partial charge < -0.3 is 20.9 Å². The maximum absolute atomic E-state index is 12.1. The molecule has 0 spiro atoms. The monoisotopic (exact) mass is 409 g/mol. The lowest BCUT2D eigenvalue weighted by Crippen LogP contribution is -2.25. The highest BCUT2D eigenvalue weighted by molar-refractivity contribution is 8.76. The summed E-state index contributed by atoms with van der Waals surface area (Å²) in [7, 11) is 5.11. The van der Waals surface area contributed by atoms with Gasteiger partial charge in [0.2, 0.25) is 11.7 Å². The van der Waals surface area contributed by atoms with Crippen LogP contribution < -0.4 is 16.4 Å². The molecule has 4 N–H and O–H groups in total. The van der Waals surface area contributed by atoms with Crippen molar-refractivity contribution in [1.82, 2.24) is 20.2 Å². The Morgan fingerprint density at radius 1 is 1.30 bits per heavy atom. The number of aromatic nitrogens is 2. The van der Waals surface area contributed by atoms with Crippen LogP contribution in [0.25, 0.3) is 0 Å². The number of nitrogen functional groups attached to an aromatic ring is 1. The lowest BCUT2D eigenvalue weighted by atomic mass is 10.1. The van der Waals surface area contributed by atoms with Gasteiger partial charge in [-0.3, -0.25) is 9.59 Å². The van der Waals surface area contributed by atoms with Gasteiger partial charge in [-0.05, 0) is 38.7 Å². The Balaban J connectivity index is 2.45. The quantitative estimate of drug-likeness (QED) is 0.406. The van der Waals surface area contributed by atoms with E-state index >= 15 is 0 Å². The summed E-state index contributed by atoms with van der Waals surface area (Å²) in [5, 5.41) is 5.32. The number of amides is 2. The SMILES string of the molecule is C=C(/C=C\C(=C)NC(=O)c1nc(N)cn1C)NC(=O)CCC(C)(C)SSC. The Morgan fingerprint density at radius 2 is 1.89 bits per heavy atom. The Labute approximate surface area is 168 Å². The molecule has 27 heavy (non-hydrogen) atoms. The second-order valence-electron chi connectivity index (χ2n) is 6.50. The molecule has 0 bridgehead atoms. The summed E-state index contributed by atoms with van der Waals surface area (Å²) in [4.78, 5) is 28.1. The van der Waals surface area contributed by atoms with E-state index in [9.17, 15) is 9.59 Å². The van der Waals surface area contributed by atoms with Crippen LogP contribution in [0, 0.1) is 0 Å². The first-order valence-corrected chi connectivity index (χ1v) is 10.8. The smallest absolute Gasteiger partial charge is 0.291 e.